The van der Waals surface area contributed by atoms with Crippen molar-refractivity contribution in [2.45, 2.75) is 20.0 Å². The maximum atomic E-state index is 12.7. The van der Waals surface area contributed by atoms with Crippen LogP contribution in [0.4, 0.5) is 12.9 Å². The molecule has 1 rings (SSSR count). The summed E-state index contributed by atoms with van der Waals surface area (Å²) < 4.78 is 48.5. The maximum Gasteiger partial charge on any atom is 1.00 e. The molecule has 0 aliphatic heterocycles. The Morgan fingerprint density at radius 3 is 2.32 bits per heavy atom. The zero-order valence-corrected chi connectivity index (χ0v) is 14.5. The fourth-order valence-electron chi connectivity index (χ4n) is 1.57. The Bertz CT molecular complexity index is 361. The van der Waals surface area contributed by atoms with Gasteiger partial charge in [-0.15, -0.1) is 5.46 Å². The maximum absolute atomic E-state index is 12.7. The third kappa shape index (κ3) is 7.84. The van der Waals surface area contributed by atoms with Crippen LogP contribution in [-0.2, 0) is 16.1 Å². The van der Waals surface area contributed by atoms with Crippen molar-refractivity contribution in [3.05, 3.63) is 29.8 Å². The van der Waals surface area contributed by atoms with Gasteiger partial charge in [0.2, 0.25) is 0 Å². The van der Waals surface area contributed by atoms with Crippen molar-refractivity contribution in [3.8, 4) is 0 Å². The van der Waals surface area contributed by atoms with Gasteiger partial charge in [-0.1, -0.05) is 24.3 Å². The van der Waals surface area contributed by atoms with E-state index in [4.69, 9.17) is 9.47 Å². The molecule has 0 heterocycles. The molecule has 7 heteroatoms. The minimum absolute atomic E-state index is 0. The van der Waals surface area contributed by atoms with Crippen LogP contribution < -0.4 is 56.8 Å². The topological polar surface area (TPSA) is 18.5 Å². The number of hydrogen-bond acceptors (Lipinski definition) is 2. The quantitative estimate of drug-likeness (QED) is 0.484. The Hall–Kier alpha value is 0.631. The van der Waals surface area contributed by atoms with Crippen molar-refractivity contribution in [1.82, 2.24) is 0 Å². The first-order chi connectivity index (χ1) is 8.55. The summed E-state index contributed by atoms with van der Waals surface area (Å²) in [5, 5.41) is 0. The normalized spacial score (nSPS) is 11.2. The number of hydrogen-bond donors (Lipinski definition) is 0. The fourth-order valence-corrected chi connectivity index (χ4v) is 1.57. The van der Waals surface area contributed by atoms with Crippen LogP contribution in [0, 0.1) is 0 Å². The molecule has 0 aliphatic rings. The molecular weight excluding hydrogens is 283 g/mol. The van der Waals surface area contributed by atoms with Gasteiger partial charge in [0.15, 0.2) is 0 Å². The Morgan fingerprint density at radius 1 is 1.05 bits per heavy atom. The summed E-state index contributed by atoms with van der Waals surface area (Å²) in [6, 6.07) is 5.53. The number of halogens is 3. The Morgan fingerprint density at radius 2 is 1.68 bits per heavy atom. The van der Waals surface area contributed by atoms with Gasteiger partial charge in [0, 0.05) is 19.8 Å². The van der Waals surface area contributed by atoms with Gasteiger partial charge in [0.25, 0.3) is 0 Å². The van der Waals surface area contributed by atoms with Crippen molar-refractivity contribution in [1.29, 1.82) is 0 Å². The predicted octanol–water partition coefficient (Wildman–Crippen LogP) is -0.312. The molecule has 0 bridgehead atoms. The van der Waals surface area contributed by atoms with Crippen LogP contribution in [0.5, 0.6) is 0 Å². The van der Waals surface area contributed by atoms with Gasteiger partial charge < -0.3 is 22.4 Å². The molecule has 1 aromatic rings. The molecule has 0 amide bonds. The van der Waals surface area contributed by atoms with Crippen LogP contribution >= 0.6 is 0 Å². The first kappa shape index (κ1) is 19.6. The number of benzene rings is 1. The zero-order chi connectivity index (χ0) is 13.4. The smallest absolute Gasteiger partial charge is 0.445 e. The van der Waals surface area contributed by atoms with Crippen LogP contribution in [0.25, 0.3) is 0 Å². The molecule has 0 fully saturated rings. The molecule has 0 spiro atoms. The van der Waals surface area contributed by atoms with Crippen molar-refractivity contribution in [2.75, 3.05) is 19.8 Å². The van der Waals surface area contributed by atoms with Crippen LogP contribution in [0.15, 0.2) is 24.3 Å². The number of rotatable bonds is 8. The second-order valence-corrected chi connectivity index (χ2v) is 3.88. The third-order valence-electron chi connectivity index (χ3n) is 2.45. The molecule has 0 aromatic heterocycles. The van der Waals surface area contributed by atoms with E-state index in [0.717, 1.165) is 6.07 Å². The predicted molar refractivity (Wildman–Crippen MR) is 65.9 cm³/mol. The van der Waals surface area contributed by atoms with E-state index in [9.17, 15) is 12.9 Å². The van der Waals surface area contributed by atoms with Gasteiger partial charge in [-0.2, -0.15) is 0 Å². The van der Waals surface area contributed by atoms with Gasteiger partial charge in [-0.3, -0.25) is 0 Å². The molecule has 1 aromatic carbocycles. The van der Waals surface area contributed by atoms with E-state index < -0.39 is 12.4 Å². The molecule has 0 N–H and O–H groups in total. The molecular formula is C12H17BF3KO2. The van der Waals surface area contributed by atoms with Gasteiger partial charge in [0.05, 0.1) is 6.61 Å². The van der Waals surface area contributed by atoms with Crippen LogP contribution in [0.1, 0.15) is 18.9 Å². The monoisotopic (exact) mass is 300 g/mol. The minimum Gasteiger partial charge on any atom is -0.445 e. The third-order valence-corrected chi connectivity index (χ3v) is 2.45. The Balaban J connectivity index is 0.00000324. The minimum atomic E-state index is -4.97. The summed E-state index contributed by atoms with van der Waals surface area (Å²) in [4.78, 5) is 0. The summed E-state index contributed by atoms with van der Waals surface area (Å²) in [6.45, 7) is -1.48. The average Bonchev–Trinajstić information content (AvgIpc) is 2.33. The second-order valence-electron chi connectivity index (χ2n) is 3.88. The van der Waals surface area contributed by atoms with E-state index in [1.165, 1.54) is 12.1 Å². The zero-order valence-electron chi connectivity index (χ0n) is 11.4. The Kier molecular flexibility index (Phi) is 10.7. The SMILES string of the molecule is CCOCCCOCc1ccccc1[B-](F)(F)F.[K+]. The van der Waals surface area contributed by atoms with Crippen LogP contribution in [-0.4, -0.2) is 26.8 Å². The summed E-state index contributed by atoms with van der Waals surface area (Å²) in [5.74, 6) is 0. The first-order valence-corrected chi connectivity index (χ1v) is 5.99. The Labute approximate surface area is 154 Å². The molecule has 0 saturated carbocycles. The van der Waals surface area contributed by atoms with Crippen molar-refractivity contribution >= 4 is 12.4 Å². The van der Waals surface area contributed by atoms with Crippen molar-refractivity contribution < 1.29 is 73.8 Å². The molecule has 0 radical (unpaired) electrons. The average molecular weight is 300 g/mol. The molecule has 2 nitrogen and oxygen atoms in total. The summed E-state index contributed by atoms with van der Waals surface area (Å²) in [7, 11) is 0. The van der Waals surface area contributed by atoms with E-state index in [0.29, 0.717) is 26.2 Å². The van der Waals surface area contributed by atoms with E-state index in [1.807, 2.05) is 6.92 Å². The van der Waals surface area contributed by atoms with Crippen molar-refractivity contribution in [3.63, 3.8) is 0 Å². The van der Waals surface area contributed by atoms with E-state index in [-0.39, 0.29) is 63.6 Å². The molecule has 0 aliphatic carbocycles. The standard InChI is InChI=1S/C12H17BF3O2.K/c1-2-17-8-5-9-18-10-11-6-3-4-7-12(11)13(14,15)16;/h3-4,6-7H,2,5,8-10H2,1H3;/q-1;+1. The molecule has 0 saturated heterocycles. The van der Waals surface area contributed by atoms with Crippen LogP contribution in [0.2, 0.25) is 0 Å². The van der Waals surface area contributed by atoms with E-state index in [2.05, 4.69) is 0 Å². The molecule has 19 heavy (non-hydrogen) atoms. The number of ether oxygens (including phenoxy) is 2. The summed E-state index contributed by atoms with van der Waals surface area (Å²) in [5.41, 5.74) is -0.372. The van der Waals surface area contributed by atoms with Crippen LogP contribution in [0.3, 0.4) is 0 Å². The van der Waals surface area contributed by atoms with Gasteiger partial charge in [0.1, 0.15) is 0 Å². The summed E-state index contributed by atoms with van der Waals surface area (Å²) >= 11 is 0. The second kappa shape index (κ2) is 10.4. The summed E-state index contributed by atoms with van der Waals surface area (Å²) in [6.07, 6.45) is 0.688. The first-order valence-electron chi connectivity index (χ1n) is 5.99. The van der Waals surface area contributed by atoms with Gasteiger partial charge in [-0.25, -0.2) is 0 Å². The molecule has 102 valence electrons. The van der Waals surface area contributed by atoms with E-state index in [1.54, 1.807) is 6.07 Å². The molecule has 0 atom stereocenters. The van der Waals surface area contributed by atoms with Gasteiger partial charge >= 0.3 is 58.4 Å². The fraction of sp³-hybridized carbons (Fsp3) is 0.500. The largest absolute Gasteiger partial charge is 1.00 e. The van der Waals surface area contributed by atoms with Crippen molar-refractivity contribution in [2.24, 2.45) is 0 Å². The van der Waals surface area contributed by atoms with Gasteiger partial charge in [-0.05, 0) is 18.9 Å². The molecule has 0 unspecified atom stereocenters. The van der Waals surface area contributed by atoms with E-state index >= 15 is 0 Å².